The predicted molar refractivity (Wildman–Crippen MR) is 76.0 cm³/mol. The summed E-state index contributed by atoms with van der Waals surface area (Å²) in [6.45, 7) is 7.83. The molecular formula is C16H21NO. The largest absolute Gasteiger partial charge is 0.313 e. The summed E-state index contributed by atoms with van der Waals surface area (Å²) in [5.41, 5.74) is 5.91. The highest BCUT2D eigenvalue weighted by Crippen LogP contribution is 2.26. The number of benzene rings is 1. The van der Waals surface area contributed by atoms with Gasteiger partial charge >= 0.3 is 0 Å². The lowest BCUT2D eigenvalue weighted by Gasteiger charge is -2.17. The summed E-state index contributed by atoms with van der Waals surface area (Å²) in [7, 11) is 0. The highest BCUT2D eigenvalue weighted by molar-refractivity contribution is 5.97. The van der Waals surface area contributed by atoms with E-state index in [1.807, 2.05) is 0 Å². The first-order chi connectivity index (χ1) is 8.63. The van der Waals surface area contributed by atoms with Gasteiger partial charge in [0.2, 0.25) is 0 Å². The van der Waals surface area contributed by atoms with Crippen LogP contribution >= 0.6 is 0 Å². The highest BCUT2D eigenvalue weighted by atomic mass is 16.1. The van der Waals surface area contributed by atoms with Crippen molar-refractivity contribution in [1.29, 1.82) is 0 Å². The molecule has 1 aliphatic rings. The van der Waals surface area contributed by atoms with Gasteiger partial charge in [0.1, 0.15) is 0 Å². The molecule has 0 fully saturated rings. The minimum atomic E-state index is 0.173. The molecule has 0 saturated carbocycles. The molecule has 1 N–H and O–H groups in total. The van der Waals surface area contributed by atoms with Gasteiger partial charge in [-0.1, -0.05) is 19.1 Å². The monoisotopic (exact) mass is 243 g/mol. The second-order valence-electron chi connectivity index (χ2n) is 4.91. The van der Waals surface area contributed by atoms with E-state index in [9.17, 15) is 4.79 Å². The normalized spacial score (nSPS) is 15.4. The number of nitrogens with one attached hydrogen (secondary N) is 1. The highest BCUT2D eigenvalue weighted by Gasteiger charge is 2.13. The fraction of sp³-hybridized carbons (Fsp3) is 0.438. The molecule has 0 aliphatic carbocycles. The molecule has 0 bridgehead atoms. The molecular weight excluding hydrogens is 222 g/mol. The van der Waals surface area contributed by atoms with Gasteiger partial charge in [-0.2, -0.15) is 0 Å². The van der Waals surface area contributed by atoms with E-state index in [-0.39, 0.29) is 5.78 Å². The molecule has 2 rings (SSSR count). The first-order valence-electron chi connectivity index (χ1n) is 6.68. The number of hydrogen-bond acceptors (Lipinski definition) is 2. The van der Waals surface area contributed by atoms with Crippen LogP contribution in [0.25, 0.3) is 5.57 Å². The van der Waals surface area contributed by atoms with Gasteiger partial charge < -0.3 is 5.32 Å². The maximum atomic E-state index is 11.8. The zero-order valence-electron chi connectivity index (χ0n) is 11.5. The van der Waals surface area contributed by atoms with Crippen LogP contribution in [-0.2, 0) is 6.42 Å². The van der Waals surface area contributed by atoms with Crippen molar-refractivity contribution in [3.8, 4) is 0 Å². The smallest absolute Gasteiger partial charge is 0.160 e. The van der Waals surface area contributed by atoms with Gasteiger partial charge in [-0.05, 0) is 61.6 Å². The molecule has 1 aromatic rings. The molecule has 2 heteroatoms. The standard InChI is InChI=1S/C16H21NO/c1-4-15-11(2)9-14(10-16(15)12(3)18)13-5-7-17-8-6-13/h5,9-10,17H,4,6-8H2,1-3H3. The molecule has 1 aromatic carbocycles. The van der Waals surface area contributed by atoms with Crippen LogP contribution in [0.3, 0.4) is 0 Å². The van der Waals surface area contributed by atoms with Crippen molar-refractivity contribution in [1.82, 2.24) is 5.32 Å². The van der Waals surface area contributed by atoms with E-state index >= 15 is 0 Å². The van der Waals surface area contributed by atoms with E-state index in [1.54, 1.807) is 6.92 Å². The first kappa shape index (κ1) is 13.0. The molecule has 1 heterocycles. The quantitative estimate of drug-likeness (QED) is 0.826. The van der Waals surface area contributed by atoms with Crippen molar-refractivity contribution in [3.05, 3.63) is 40.5 Å². The fourth-order valence-corrected chi connectivity index (χ4v) is 2.67. The van der Waals surface area contributed by atoms with Crippen LogP contribution < -0.4 is 5.32 Å². The maximum absolute atomic E-state index is 11.8. The molecule has 0 unspecified atom stereocenters. The Hall–Kier alpha value is -1.41. The minimum Gasteiger partial charge on any atom is -0.313 e. The molecule has 0 saturated heterocycles. The molecule has 1 aliphatic heterocycles. The van der Waals surface area contributed by atoms with Gasteiger partial charge in [0.15, 0.2) is 5.78 Å². The fourth-order valence-electron chi connectivity index (χ4n) is 2.67. The average molecular weight is 243 g/mol. The van der Waals surface area contributed by atoms with Gasteiger partial charge in [0.05, 0.1) is 0 Å². The molecule has 0 radical (unpaired) electrons. The Morgan fingerprint density at radius 2 is 2.17 bits per heavy atom. The Bertz CT molecular complexity index is 500. The van der Waals surface area contributed by atoms with E-state index < -0.39 is 0 Å². The maximum Gasteiger partial charge on any atom is 0.160 e. The Morgan fingerprint density at radius 1 is 1.39 bits per heavy atom. The SMILES string of the molecule is CCc1c(C)cc(C2=CCNCC2)cc1C(C)=O. The first-order valence-corrected chi connectivity index (χ1v) is 6.68. The average Bonchev–Trinajstić information content (AvgIpc) is 2.38. The molecule has 0 atom stereocenters. The summed E-state index contributed by atoms with van der Waals surface area (Å²) in [5, 5.41) is 3.32. The molecule has 2 nitrogen and oxygen atoms in total. The minimum absolute atomic E-state index is 0.173. The van der Waals surface area contributed by atoms with Gasteiger partial charge in [0.25, 0.3) is 0 Å². The van der Waals surface area contributed by atoms with Crippen LogP contribution in [0.2, 0.25) is 0 Å². The predicted octanol–water partition coefficient (Wildman–Crippen LogP) is 3.14. The molecule has 0 aromatic heterocycles. The zero-order chi connectivity index (χ0) is 13.1. The number of carbonyl (C=O) groups is 1. The summed E-state index contributed by atoms with van der Waals surface area (Å²) in [5.74, 6) is 0.173. The van der Waals surface area contributed by atoms with Crippen LogP contribution in [0.5, 0.6) is 0 Å². The lowest BCUT2D eigenvalue weighted by Crippen LogP contribution is -2.20. The number of aryl methyl sites for hydroxylation is 1. The third kappa shape index (κ3) is 2.54. The molecule has 18 heavy (non-hydrogen) atoms. The lowest BCUT2D eigenvalue weighted by atomic mass is 9.90. The summed E-state index contributed by atoms with van der Waals surface area (Å²) in [4.78, 5) is 11.8. The van der Waals surface area contributed by atoms with Crippen molar-refractivity contribution in [2.24, 2.45) is 0 Å². The van der Waals surface area contributed by atoms with Crippen LogP contribution in [-0.4, -0.2) is 18.9 Å². The van der Waals surface area contributed by atoms with E-state index in [0.29, 0.717) is 0 Å². The Balaban J connectivity index is 2.50. The van der Waals surface area contributed by atoms with Crippen LogP contribution in [0.1, 0.15) is 47.3 Å². The summed E-state index contributed by atoms with van der Waals surface area (Å²) in [6, 6.07) is 4.30. The number of rotatable bonds is 3. The van der Waals surface area contributed by atoms with E-state index in [2.05, 4.69) is 37.4 Å². The topological polar surface area (TPSA) is 29.1 Å². The number of Topliss-reactive ketones (excluding diaryl/α,β-unsaturated/α-hetero) is 1. The van der Waals surface area contributed by atoms with Gasteiger partial charge in [-0.15, -0.1) is 0 Å². The van der Waals surface area contributed by atoms with Gasteiger partial charge in [0, 0.05) is 12.1 Å². The number of carbonyl (C=O) groups excluding carboxylic acids is 1. The van der Waals surface area contributed by atoms with Crippen molar-refractivity contribution in [2.75, 3.05) is 13.1 Å². The zero-order valence-corrected chi connectivity index (χ0v) is 11.5. The lowest BCUT2D eigenvalue weighted by molar-refractivity contribution is 0.101. The Kier molecular flexibility index (Phi) is 3.97. The summed E-state index contributed by atoms with van der Waals surface area (Å²) in [6.07, 6.45) is 4.19. The number of hydrogen-bond donors (Lipinski definition) is 1. The summed E-state index contributed by atoms with van der Waals surface area (Å²) < 4.78 is 0. The van der Waals surface area contributed by atoms with Crippen LogP contribution in [0.4, 0.5) is 0 Å². The van der Waals surface area contributed by atoms with Gasteiger partial charge in [-0.3, -0.25) is 4.79 Å². The Morgan fingerprint density at radius 3 is 2.72 bits per heavy atom. The molecule has 96 valence electrons. The van der Waals surface area contributed by atoms with E-state index in [0.717, 1.165) is 31.5 Å². The van der Waals surface area contributed by atoms with Crippen LogP contribution in [0.15, 0.2) is 18.2 Å². The van der Waals surface area contributed by atoms with Crippen molar-refractivity contribution >= 4 is 11.4 Å². The van der Waals surface area contributed by atoms with Gasteiger partial charge in [-0.25, -0.2) is 0 Å². The Labute approximate surface area is 109 Å². The second-order valence-corrected chi connectivity index (χ2v) is 4.91. The third-order valence-corrected chi connectivity index (χ3v) is 3.64. The molecule has 0 spiro atoms. The van der Waals surface area contributed by atoms with Crippen molar-refractivity contribution in [2.45, 2.75) is 33.6 Å². The summed E-state index contributed by atoms with van der Waals surface area (Å²) >= 11 is 0. The molecule has 0 amide bonds. The number of ketones is 1. The van der Waals surface area contributed by atoms with Crippen molar-refractivity contribution < 1.29 is 4.79 Å². The van der Waals surface area contributed by atoms with Crippen LogP contribution in [0, 0.1) is 6.92 Å². The van der Waals surface area contributed by atoms with E-state index in [1.165, 1.54) is 22.3 Å². The second kappa shape index (κ2) is 5.49. The van der Waals surface area contributed by atoms with Crippen molar-refractivity contribution in [3.63, 3.8) is 0 Å². The third-order valence-electron chi connectivity index (χ3n) is 3.64. The van der Waals surface area contributed by atoms with E-state index in [4.69, 9.17) is 0 Å².